The Bertz CT molecular complexity index is 422. The third kappa shape index (κ3) is 1.95. The maximum Gasteiger partial charge on any atom is 0.246 e. The summed E-state index contributed by atoms with van der Waals surface area (Å²) in [7, 11) is 0. The molecular formula is C12H18N2O4S. The predicted octanol–water partition coefficient (Wildman–Crippen LogP) is -0.996. The van der Waals surface area contributed by atoms with E-state index in [0.29, 0.717) is 12.2 Å². The summed E-state index contributed by atoms with van der Waals surface area (Å²) in [5.74, 6) is 0.484. The van der Waals surface area contributed by atoms with E-state index in [1.165, 1.54) is 4.90 Å². The molecule has 0 aromatic rings. The van der Waals surface area contributed by atoms with Crippen LogP contribution in [-0.4, -0.2) is 73.8 Å². The van der Waals surface area contributed by atoms with Gasteiger partial charge in [-0.05, 0) is 13.3 Å². The number of aliphatic hydroxyl groups is 2. The van der Waals surface area contributed by atoms with Gasteiger partial charge in [0, 0.05) is 25.3 Å². The van der Waals surface area contributed by atoms with E-state index in [-0.39, 0.29) is 29.8 Å². The molecule has 2 unspecified atom stereocenters. The monoisotopic (exact) mass is 286 g/mol. The Morgan fingerprint density at radius 2 is 2.00 bits per heavy atom. The Morgan fingerprint density at radius 3 is 2.63 bits per heavy atom. The van der Waals surface area contributed by atoms with Gasteiger partial charge < -0.3 is 20.0 Å². The van der Waals surface area contributed by atoms with Crippen molar-refractivity contribution in [2.75, 3.05) is 18.8 Å². The second-order valence-corrected chi connectivity index (χ2v) is 7.14. The molecule has 2 N–H and O–H groups in total. The van der Waals surface area contributed by atoms with E-state index in [2.05, 4.69) is 0 Å². The summed E-state index contributed by atoms with van der Waals surface area (Å²) < 4.78 is 0. The predicted molar refractivity (Wildman–Crippen MR) is 69.3 cm³/mol. The van der Waals surface area contributed by atoms with Crippen LogP contribution in [0.1, 0.15) is 19.8 Å². The zero-order chi connectivity index (χ0) is 13.8. The zero-order valence-electron chi connectivity index (χ0n) is 10.8. The minimum absolute atomic E-state index is 0.0335. The van der Waals surface area contributed by atoms with Crippen molar-refractivity contribution >= 4 is 23.6 Å². The van der Waals surface area contributed by atoms with Gasteiger partial charge in [-0.25, -0.2) is 0 Å². The fourth-order valence-electron chi connectivity index (χ4n) is 3.16. The number of rotatable bonds is 1. The lowest BCUT2D eigenvalue weighted by Crippen LogP contribution is -2.51. The van der Waals surface area contributed by atoms with Crippen molar-refractivity contribution in [2.24, 2.45) is 0 Å². The van der Waals surface area contributed by atoms with Gasteiger partial charge in [0.1, 0.15) is 6.04 Å². The first-order valence-electron chi connectivity index (χ1n) is 6.53. The summed E-state index contributed by atoms with van der Waals surface area (Å²) in [5, 5.41) is 19.0. The highest BCUT2D eigenvalue weighted by Crippen LogP contribution is 2.47. The van der Waals surface area contributed by atoms with Crippen LogP contribution in [-0.2, 0) is 9.59 Å². The molecule has 3 rings (SSSR count). The molecule has 7 heteroatoms. The van der Waals surface area contributed by atoms with Crippen molar-refractivity contribution in [2.45, 2.75) is 42.9 Å². The number of β-amino-alcohol motifs (C(OH)–C–C–N with tert-alkyl or cyclic N) is 2. The van der Waals surface area contributed by atoms with Gasteiger partial charge in [-0.3, -0.25) is 9.59 Å². The number of likely N-dealkylation sites (tertiary alicyclic amines) is 1. The lowest BCUT2D eigenvalue weighted by Gasteiger charge is -2.31. The van der Waals surface area contributed by atoms with Crippen molar-refractivity contribution < 1.29 is 19.8 Å². The number of thioether (sulfide) groups is 1. The molecule has 3 saturated heterocycles. The Morgan fingerprint density at radius 1 is 1.37 bits per heavy atom. The van der Waals surface area contributed by atoms with E-state index < -0.39 is 18.2 Å². The van der Waals surface area contributed by atoms with Gasteiger partial charge in [-0.2, -0.15) is 0 Å². The van der Waals surface area contributed by atoms with Gasteiger partial charge in [-0.1, -0.05) is 0 Å². The van der Waals surface area contributed by atoms with Crippen molar-refractivity contribution in [3.63, 3.8) is 0 Å². The first-order chi connectivity index (χ1) is 8.92. The van der Waals surface area contributed by atoms with E-state index in [9.17, 15) is 19.8 Å². The zero-order valence-corrected chi connectivity index (χ0v) is 11.6. The normalized spacial score (nSPS) is 42.1. The molecule has 0 bridgehead atoms. The molecule has 0 aromatic carbocycles. The van der Waals surface area contributed by atoms with Gasteiger partial charge in [0.05, 0.1) is 17.1 Å². The van der Waals surface area contributed by atoms with Gasteiger partial charge in [0.15, 0.2) is 0 Å². The van der Waals surface area contributed by atoms with Crippen molar-refractivity contribution in [3.8, 4) is 0 Å². The summed E-state index contributed by atoms with van der Waals surface area (Å²) in [6.07, 6.45) is -0.471. The molecule has 3 aliphatic rings. The molecule has 4 atom stereocenters. The lowest BCUT2D eigenvalue weighted by molar-refractivity contribution is -0.143. The molecule has 0 aromatic heterocycles. The third-order valence-corrected chi connectivity index (χ3v) is 5.81. The third-order valence-electron chi connectivity index (χ3n) is 4.30. The van der Waals surface area contributed by atoms with Crippen LogP contribution >= 0.6 is 11.8 Å². The van der Waals surface area contributed by atoms with Crippen LogP contribution in [0.25, 0.3) is 0 Å². The fourth-order valence-corrected chi connectivity index (χ4v) is 4.59. The number of amides is 2. The molecular weight excluding hydrogens is 268 g/mol. The number of fused-ring (bicyclic) bond motifs is 1. The number of aliphatic hydroxyl groups excluding tert-OH is 2. The number of hydrogen-bond acceptors (Lipinski definition) is 5. The SMILES string of the molecule is CC12CCC(=O)N1C(C(=O)N1C[C@@H](O)[C@@H](O)C1)CS2. The van der Waals surface area contributed by atoms with Crippen LogP contribution in [0.4, 0.5) is 0 Å². The van der Waals surface area contributed by atoms with Crippen molar-refractivity contribution in [1.29, 1.82) is 0 Å². The maximum atomic E-state index is 12.5. The van der Waals surface area contributed by atoms with E-state index in [1.807, 2.05) is 6.92 Å². The molecule has 0 aliphatic carbocycles. The summed E-state index contributed by atoms with van der Waals surface area (Å²) in [6, 6.07) is -0.442. The molecule has 3 fully saturated rings. The average Bonchev–Trinajstić information content (AvgIpc) is 2.96. The highest BCUT2D eigenvalue weighted by atomic mass is 32.2. The summed E-state index contributed by atoms with van der Waals surface area (Å²) in [4.78, 5) is 27.3. The van der Waals surface area contributed by atoms with Gasteiger partial charge >= 0.3 is 0 Å². The van der Waals surface area contributed by atoms with Crippen LogP contribution in [0.15, 0.2) is 0 Å². The molecule has 3 aliphatic heterocycles. The van der Waals surface area contributed by atoms with E-state index in [1.54, 1.807) is 16.7 Å². The lowest BCUT2D eigenvalue weighted by atomic mass is 10.2. The topological polar surface area (TPSA) is 81.1 Å². The van der Waals surface area contributed by atoms with Gasteiger partial charge in [0.2, 0.25) is 11.8 Å². The fraction of sp³-hybridized carbons (Fsp3) is 0.833. The second-order valence-electron chi connectivity index (χ2n) is 5.64. The molecule has 6 nitrogen and oxygen atoms in total. The second kappa shape index (κ2) is 4.36. The number of hydrogen-bond donors (Lipinski definition) is 2. The van der Waals surface area contributed by atoms with Crippen LogP contribution in [0.5, 0.6) is 0 Å². The Balaban J connectivity index is 1.76. The molecule has 2 amide bonds. The van der Waals surface area contributed by atoms with Crippen LogP contribution in [0.2, 0.25) is 0 Å². The Labute approximate surface area is 115 Å². The first kappa shape index (κ1) is 13.2. The summed E-state index contributed by atoms with van der Waals surface area (Å²) in [5.41, 5.74) is 0. The first-order valence-corrected chi connectivity index (χ1v) is 7.52. The summed E-state index contributed by atoms with van der Waals surface area (Å²) in [6.45, 7) is 2.31. The maximum absolute atomic E-state index is 12.5. The quantitative estimate of drug-likeness (QED) is 0.646. The minimum atomic E-state index is -0.876. The molecule has 0 spiro atoms. The van der Waals surface area contributed by atoms with Crippen molar-refractivity contribution in [3.05, 3.63) is 0 Å². The largest absolute Gasteiger partial charge is 0.388 e. The average molecular weight is 286 g/mol. The van der Waals surface area contributed by atoms with E-state index in [0.717, 1.165) is 6.42 Å². The highest BCUT2D eigenvalue weighted by molar-refractivity contribution is 8.01. The van der Waals surface area contributed by atoms with E-state index >= 15 is 0 Å². The van der Waals surface area contributed by atoms with Gasteiger partial charge in [0.25, 0.3) is 0 Å². The Hall–Kier alpha value is -0.790. The summed E-state index contributed by atoms with van der Waals surface area (Å²) >= 11 is 1.65. The van der Waals surface area contributed by atoms with Crippen molar-refractivity contribution in [1.82, 2.24) is 9.80 Å². The number of carbonyl (C=O) groups excluding carboxylic acids is 2. The van der Waals surface area contributed by atoms with Crippen LogP contribution in [0.3, 0.4) is 0 Å². The molecule has 106 valence electrons. The highest BCUT2D eigenvalue weighted by Gasteiger charge is 2.54. The Kier molecular flexibility index (Phi) is 3.03. The van der Waals surface area contributed by atoms with Gasteiger partial charge in [-0.15, -0.1) is 11.8 Å². The molecule has 19 heavy (non-hydrogen) atoms. The molecule has 3 heterocycles. The molecule has 0 saturated carbocycles. The standard InChI is InChI=1S/C12H18N2O4S/c1-12-3-2-10(17)14(12)7(6-19-12)11(18)13-4-8(15)9(16)5-13/h7-9,15-16H,2-6H2,1H3/t7?,8-,9+,12?. The number of carbonyl (C=O) groups is 2. The van der Waals surface area contributed by atoms with E-state index in [4.69, 9.17) is 0 Å². The van der Waals surface area contributed by atoms with Crippen LogP contribution in [0, 0.1) is 0 Å². The number of nitrogens with zero attached hydrogens (tertiary/aromatic N) is 2. The molecule has 0 radical (unpaired) electrons. The smallest absolute Gasteiger partial charge is 0.246 e. The van der Waals surface area contributed by atoms with Crippen LogP contribution < -0.4 is 0 Å². The minimum Gasteiger partial charge on any atom is -0.388 e.